The Morgan fingerprint density at radius 3 is 2.96 bits per heavy atom. The van der Waals surface area contributed by atoms with Gasteiger partial charge in [-0.15, -0.1) is 10.2 Å². The Labute approximate surface area is 149 Å². The molecule has 0 bridgehead atoms. The third-order valence-electron chi connectivity index (χ3n) is 3.94. The first-order chi connectivity index (χ1) is 12.2. The first-order valence-corrected chi connectivity index (χ1v) is 9.33. The number of thioether (sulfide) groups is 1. The second kappa shape index (κ2) is 8.09. The van der Waals surface area contributed by atoms with Crippen LogP contribution >= 0.6 is 11.8 Å². The van der Waals surface area contributed by atoms with Crippen LogP contribution in [0.5, 0.6) is 0 Å². The number of nitro benzene ring substituents is 1. The normalized spacial score (nSPS) is 12.4. The fourth-order valence-electron chi connectivity index (χ4n) is 2.68. The van der Waals surface area contributed by atoms with Gasteiger partial charge in [0.25, 0.3) is 5.69 Å². The summed E-state index contributed by atoms with van der Waals surface area (Å²) in [7, 11) is 0. The highest BCUT2D eigenvalue weighted by atomic mass is 32.2. The molecule has 2 heterocycles. The number of nitrogens with zero attached hydrogens (tertiary/aromatic N) is 4. The molecule has 7 nitrogen and oxygen atoms in total. The lowest BCUT2D eigenvalue weighted by Gasteiger charge is -2.17. The lowest BCUT2D eigenvalue weighted by atomic mass is 10.1. The van der Waals surface area contributed by atoms with Crippen LogP contribution in [0.25, 0.3) is 5.65 Å². The van der Waals surface area contributed by atoms with E-state index < -0.39 is 0 Å². The Bertz CT molecular complexity index is 867. The summed E-state index contributed by atoms with van der Waals surface area (Å²) in [6, 6.07) is 12.5. The van der Waals surface area contributed by atoms with Crippen molar-refractivity contribution in [1.82, 2.24) is 19.9 Å². The average Bonchev–Trinajstić information content (AvgIpc) is 3.06. The Hall–Kier alpha value is -2.45. The number of rotatable bonds is 8. The first-order valence-electron chi connectivity index (χ1n) is 7.94. The lowest BCUT2D eigenvalue weighted by molar-refractivity contribution is -0.384. The molecule has 130 valence electrons. The zero-order valence-electron chi connectivity index (χ0n) is 13.8. The molecule has 25 heavy (non-hydrogen) atoms. The second-order valence-corrected chi connectivity index (χ2v) is 6.61. The van der Waals surface area contributed by atoms with E-state index in [4.69, 9.17) is 0 Å². The quantitative estimate of drug-likeness (QED) is 0.492. The van der Waals surface area contributed by atoms with Crippen molar-refractivity contribution in [3.05, 3.63) is 70.2 Å². The molecular weight excluding hydrogens is 338 g/mol. The van der Waals surface area contributed by atoms with E-state index in [9.17, 15) is 10.1 Å². The van der Waals surface area contributed by atoms with Gasteiger partial charge < -0.3 is 5.32 Å². The highest BCUT2D eigenvalue weighted by molar-refractivity contribution is 7.98. The minimum Gasteiger partial charge on any atom is -0.303 e. The molecule has 0 aliphatic rings. The van der Waals surface area contributed by atoms with Crippen LogP contribution in [0.15, 0.2) is 48.7 Å². The Morgan fingerprint density at radius 1 is 1.28 bits per heavy atom. The highest BCUT2D eigenvalue weighted by Gasteiger charge is 2.17. The van der Waals surface area contributed by atoms with Gasteiger partial charge in [-0.05, 0) is 36.1 Å². The van der Waals surface area contributed by atoms with Gasteiger partial charge in [-0.1, -0.05) is 18.2 Å². The molecule has 0 spiro atoms. The maximum atomic E-state index is 10.9. The molecule has 0 aliphatic heterocycles. The van der Waals surface area contributed by atoms with Crippen molar-refractivity contribution in [3.63, 3.8) is 0 Å². The number of pyridine rings is 1. The maximum Gasteiger partial charge on any atom is 0.269 e. The van der Waals surface area contributed by atoms with Crippen molar-refractivity contribution in [2.45, 2.75) is 19.0 Å². The van der Waals surface area contributed by atoms with E-state index in [0.717, 1.165) is 29.2 Å². The number of hydrogen-bond donors (Lipinski definition) is 1. The zero-order valence-corrected chi connectivity index (χ0v) is 14.6. The van der Waals surface area contributed by atoms with Crippen LogP contribution < -0.4 is 5.32 Å². The average molecular weight is 357 g/mol. The van der Waals surface area contributed by atoms with Crippen LogP contribution in [-0.4, -0.2) is 31.5 Å². The van der Waals surface area contributed by atoms with Crippen LogP contribution in [0, 0.1) is 10.1 Å². The number of nitro groups is 1. The molecule has 0 saturated heterocycles. The Balaban J connectivity index is 1.79. The molecule has 0 aliphatic carbocycles. The molecule has 1 N–H and O–H groups in total. The van der Waals surface area contributed by atoms with Crippen molar-refractivity contribution in [2.24, 2.45) is 0 Å². The number of hydrogen-bond acceptors (Lipinski definition) is 6. The van der Waals surface area contributed by atoms with Gasteiger partial charge in [0.15, 0.2) is 11.5 Å². The first kappa shape index (κ1) is 17.4. The standard InChI is InChI=1S/C17H19N5O2S/c1-25-10-8-15(17-20-19-16-7-2-3-9-21(16)17)18-12-13-5-4-6-14(11-13)22(23)24/h2-7,9,11,15,18H,8,10,12H2,1H3/t15-/m1/s1. The van der Waals surface area contributed by atoms with Gasteiger partial charge in [0.1, 0.15) is 0 Å². The van der Waals surface area contributed by atoms with E-state index in [1.54, 1.807) is 23.9 Å². The van der Waals surface area contributed by atoms with Gasteiger partial charge in [0.05, 0.1) is 11.0 Å². The van der Waals surface area contributed by atoms with Gasteiger partial charge in [0, 0.05) is 24.9 Å². The van der Waals surface area contributed by atoms with Crippen LogP contribution in [0.1, 0.15) is 23.9 Å². The van der Waals surface area contributed by atoms with Crippen molar-refractivity contribution >= 4 is 23.1 Å². The molecule has 1 aromatic carbocycles. The van der Waals surface area contributed by atoms with Gasteiger partial charge in [-0.3, -0.25) is 14.5 Å². The number of aromatic nitrogens is 3. The number of nitrogens with one attached hydrogen (secondary N) is 1. The predicted octanol–water partition coefficient (Wildman–Crippen LogP) is 3.22. The number of non-ortho nitro benzene ring substituents is 1. The Morgan fingerprint density at radius 2 is 2.16 bits per heavy atom. The summed E-state index contributed by atoms with van der Waals surface area (Å²) < 4.78 is 1.98. The summed E-state index contributed by atoms with van der Waals surface area (Å²) in [4.78, 5) is 10.6. The molecule has 1 atom stereocenters. The largest absolute Gasteiger partial charge is 0.303 e. The summed E-state index contributed by atoms with van der Waals surface area (Å²) in [6.07, 6.45) is 4.91. The van der Waals surface area contributed by atoms with Crippen LogP contribution in [0.2, 0.25) is 0 Å². The summed E-state index contributed by atoms with van der Waals surface area (Å²) in [5, 5.41) is 23.0. The molecule has 0 amide bonds. The molecule has 3 rings (SSSR count). The predicted molar refractivity (Wildman–Crippen MR) is 98.7 cm³/mol. The van der Waals surface area contributed by atoms with Gasteiger partial charge in [-0.25, -0.2) is 0 Å². The molecule has 3 aromatic rings. The maximum absolute atomic E-state index is 10.9. The van der Waals surface area contributed by atoms with E-state index in [1.807, 2.05) is 34.9 Å². The lowest BCUT2D eigenvalue weighted by Crippen LogP contribution is -2.23. The topological polar surface area (TPSA) is 85.4 Å². The molecule has 0 saturated carbocycles. The molecule has 0 unspecified atom stereocenters. The van der Waals surface area contributed by atoms with E-state index in [2.05, 4.69) is 21.8 Å². The fourth-order valence-corrected chi connectivity index (χ4v) is 3.15. The molecule has 2 aromatic heterocycles. The minimum absolute atomic E-state index is 0.0177. The van der Waals surface area contributed by atoms with E-state index in [1.165, 1.54) is 6.07 Å². The van der Waals surface area contributed by atoms with E-state index >= 15 is 0 Å². The zero-order chi connectivity index (χ0) is 17.6. The summed E-state index contributed by atoms with van der Waals surface area (Å²) >= 11 is 1.77. The van der Waals surface area contributed by atoms with Crippen LogP contribution in [0.4, 0.5) is 5.69 Å². The van der Waals surface area contributed by atoms with Crippen molar-refractivity contribution in [3.8, 4) is 0 Å². The number of benzene rings is 1. The monoisotopic (exact) mass is 357 g/mol. The summed E-state index contributed by atoms with van der Waals surface area (Å²) in [6.45, 7) is 0.530. The Kier molecular flexibility index (Phi) is 5.62. The third kappa shape index (κ3) is 4.15. The molecule has 8 heteroatoms. The minimum atomic E-state index is -0.374. The molecule has 0 fully saturated rings. The SMILES string of the molecule is CSCC[C@@H](NCc1cccc([N+](=O)[O-])c1)c1nnc2ccccn12. The van der Waals surface area contributed by atoms with Crippen molar-refractivity contribution < 1.29 is 4.92 Å². The van der Waals surface area contributed by atoms with Gasteiger partial charge in [-0.2, -0.15) is 11.8 Å². The number of fused-ring (bicyclic) bond motifs is 1. The second-order valence-electron chi connectivity index (χ2n) is 5.63. The van der Waals surface area contributed by atoms with Crippen molar-refractivity contribution in [1.29, 1.82) is 0 Å². The van der Waals surface area contributed by atoms with E-state index in [-0.39, 0.29) is 16.7 Å². The van der Waals surface area contributed by atoms with Crippen LogP contribution in [0.3, 0.4) is 0 Å². The fraction of sp³-hybridized carbons (Fsp3) is 0.294. The summed E-state index contributed by atoms with van der Waals surface area (Å²) in [5.41, 5.74) is 1.79. The summed E-state index contributed by atoms with van der Waals surface area (Å²) in [5.74, 6) is 1.84. The highest BCUT2D eigenvalue weighted by Crippen LogP contribution is 2.20. The third-order valence-corrected chi connectivity index (χ3v) is 4.58. The molecule has 0 radical (unpaired) electrons. The van der Waals surface area contributed by atoms with Crippen molar-refractivity contribution in [2.75, 3.05) is 12.0 Å². The van der Waals surface area contributed by atoms with Crippen LogP contribution in [-0.2, 0) is 6.54 Å². The smallest absolute Gasteiger partial charge is 0.269 e. The van der Waals surface area contributed by atoms with E-state index in [0.29, 0.717) is 6.54 Å². The van der Waals surface area contributed by atoms with Gasteiger partial charge in [0.2, 0.25) is 0 Å². The molecular formula is C17H19N5O2S. The van der Waals surface area contributed by atoms with Gasteiger partial charge >= 0.3 is 0 Å².